The van der Waals surface area contributed by atoms with Crippen LogP contribution in [0.5, 0.6) is 0 Å². The summed E-state index contributed by atoms with van der Waals surface area (Å²) >= 11 is 0. The molecule has 0 amide bonds. The van der Waals surface area contributed by atoms with Gasteiger partial charge in [0.25, 0.3) is 0 Å². The molecule has 0 aliphatic heterocycles. The molecule has 1 unspecified atom stereocenters. The van der Waals surface area contributed by atoms with E-state index in [9.17, 15) is 4.39 Å². The Hall–Kier alpha value is -1.12. The molecule has 0 saturated carbocycles. The highest BCUT2D eigenvalue weighted by Crippen LogP contribution is 2.09. The highest BCUT2D eigenvalue weighted by molar-refractivity contribution is 5.62. The molecule has 0 aromatic carbocycles. The van der Waals surface area contributed by atoms with Gasteiger partial charge in [0.1, 0.15) is 5.83 Å². The van der Waals surface area contributed by atoms with Crippen molar-refractivity contribution in [2.24, 2.45) is 10.9 Å². The fourth-order valence-corrected chi connectivity index (χ4v) is 1.28. The van der Waals surface area contributed by atoms with Gasteiger partial charge < -0.3 is 5.32 Å². The van der Waals surface area contributed by atoms with Crippen LogP contribution in [0.15, 0.2) is 28.8 Å². The second-order valence-corrected chi connectivity index (χ2v) is 4.46. The van der Waals surface area contributed by atoms with E-state index in [0.717, 1.165) is 25.1 Å². The fourth-order valence-electron chi connectivity index (χ4n) is 1.28. The first-order valence-corrected chi connectivity index (χ1v) is 6.26. The van der Waals surface area contributed by atoms with Crippen LogP contribution in [0.1, 0.15) is 47.0 Å². The van der Waals surface area contributed by atoms with Crippen LogP contribution in [-0.2, 0) is 0 Å². The lowest BCUT2D eigenvalue weighted by atomic mass is 10.1. The largest absolute Gasteiger partial charge is 0.389 e. The Kier molecular flexibility index (Phi) is 8.38. The molecular formula is C14H25FN2. The van der Waals surface area contributed by atoms with Gasteiger partial charge in [0.2, 0.25) is 0 Å². The third-order valence-corrected chi connectivity index (χ3v) is 2.49. The summed E-state index contributed by atoms with van der Waals surface area (Å²) in [6.07, 6.45) is 4.96. The second kappa shape index (κ2) is 8.97. The Morgan fingerprint density at radius 3 is 2.65 bits per heavy atom. The topological polar surface area (TPSA) is 24.4 Å². The zero-order valence-corrected chi connectivity index (χ0v) is 11.5. The van der Waals surface area contributed by atoms with Crippen molar-refractivity contribution < 1.29 is 4.39 Å². The summed E-state index contributed by atoms with van der Waals surface area (Å²) in [5.74, 6) is 0.0410. The van der Waals surface area contributed by atoms with Gasteiger partial charge in [0, 0.05) is 18.5 Å². The molecule has 0 radical (unpaired) electrons. The van der Waals surface area contributed by atoms with Crippen LogP contribution >= 0.6 is 0 Å². The average molecular weight is 240 g/mol. The lowest BCUT2D eigenvalue weighted by Crippen LogP contribution is -2.16. The van der Waals surface area contributed by atoms with E-state index in [-0.39, 0.29) is 11.7 Å². The lowest BCUT2D eigenvalue weighted by molar-refractivity contribution is 0.624. The smallest absolute Gasteiger partial charge is 0.118 e. The lowest BCUT2D eigenvalue weighted by Gasteiger charge is -2.11. The monoisotopic (exact) mass is 240 g/mol. The molecule has 1 atom stereocenters. The summed E-state index contributed by atoms with van der Waals surface area (Å²) in [6.45, 7) is 12.2. The van der Waals surface area contributed by atoms with Crippen LogP contribution in [-0.4, -0.2) is 12.8 Å². The third kappa shape index (κ3) is 8.66. The van der Waals surface area contributed by atoms with Crippen LogP contribution in [0.2, 0.25) is 0 Å². The van der Waals surface area contributed by atoms with Gasteiger partial charge in [-0.2, -0.15) is 0 Å². The average Bonchev–Trinajstić information content (AvgIpc) is 2.26. The van der Waals surface area contributed by atoms with Crippen molar-refractivity contribution in [1.29, 1.82) is 0 Å². The first-order valence-electron chi connectivity index (χ1n) is 6.26. The van der Waals surface area contributed by atoms with Gasteiger partial charge in [-0.3, -0.25) is 4.99 Å². The Morgan fingerprint density at radius 2 is 2.12 bits per heavy atom. The predicted molar refractivity (Wildman–Crippen MR) is 73.8 cm³/mol. The Bertz CT molecular complexity index is 289. The van der Waals surface area contributed by atoms with Crippen LogP contribution in [0, 0.1) is 5.92 Å². The summed E-state index contributed by atoms with van der Waals surface area (Å²) in [6, 6.07) is 0. The maximum Gasteiger partial charge on any atom is 0.118 e. The Morgan fingerprint density at radius 1 is 1.47 bits per heavy atom. The summed E-state index contributed by atoms with van der Waals surface area (Å²) in [7, 11) is 0. The molecule has 0 saturated heterocycles. The molecule has 0 heterocycles. The van der Waals surface area contributed by atoms with E-state index in [1.54, 1.807) is 13.1 Å². The molecule has 2 nitrogen and oxygen atoms in total. The fraction of sp³-hybridized carbons (Fsp3) is 0.643. The van der Waals surface area contributed by atoms with Gasteiger partial charge in [-0.25, -0.2) is 4.39 Å². The Balaban J connectivity index is 3.97. The van der Waals surface area contributed by atoms with E-state index in [2.05, 4.69) is 30.7 Å². The van der Waals surface area contributed by atoms with Crippen molar-refractivity contribution in [2.75, 3.05) is 6.54 Å². The summed E-state index contributed by atoms with van der Waals surface area (Å²) in [5, 5.41) is 3.28. The van der Waals surface area contributed by atoms with E-state index in [0.29, 0.717) is 5.70 Å². The Labute approximate surface area is 105 Å². The molecule has 0 rings (SSSR count). The molecule has 0 aliphatic rings. The van der Waals surface area contributed by atoms with Crippen LogP contribution in [0.25, 0.3) is 0 Å². The van der Waals surface area contributed by atoms with E-state index in [1.165, 1.54) is 13.3 Å². The molecule has 0 aliphatic carbocycles. The summed E-state index contributed by atoms with van der Waals surface area (Å²) in [4.78, 5) is 4.08. The number of rotatable bonds is 8. The van der Waals surface area contributed by atoms with E-state index in [4.69, 9.17) is 0 Å². The van der Waals surface area contributed by atoms with Crippen LogP contribution < -0.4 is 5.32 Å². The van der Waals surface area contributed by atoms with E-state index in [1.807, 2.05) is 0 Å². The van der Waals surface area contributed by atoms with E-state index < -0.39 is 0 Å². The number of unbranched alkanes of at least 4 members (excludes halogenated alkanes) is 1. The van der Waals surface area contributed by atoms with Crippen molar-refractivity contribution in [2.45, 2.75) is 47.0 Å². The van der Waals surface area contributed by atoms with Gasteiger partial charge in [-0.05, 0) is 32.6 Å². The number of halogens is 1. The minimum Gasteiger partial charge on any atom is -0.389 e. The summed E-state index contributed by atoms with van der Waals surface area (Å²) < 4.78 is 12.7. The van der Waals surface area contributed by atoms with Crippen molar-refractivity contribution in [3.63, 3.8) is 0 Å². The van der Waals surface area contributed by atoms with E-state index >= 15 is 0 Å². The van der Waals surface area contributed by atoms with Crippen molar-refractivity contribution in [3.8, 4) is 0 Å². The first-order chi connectivity index (χ1) is 7.97. The quantitative estimate of drug-likeness (QED) is 0.499. The zero-order valence-electron chi connectivity index (χ0n) is 11.5. The normalized spacial score (nSPS) is 14.6. The molecule has 17 heavy (non-hydrogen) atoms. The number of allylic oxidation sites excluding steroid dienone is 3. The molecule has 0 spiro atoms. The summed E-state index contributed by atoms with van der Waals surface area (Å²) in [5.41, 5.74) is 1.47. The molecule has 0 fully saturated rings. The van der Waals surface area contributed by atoms with Crippen molar-refractivity contribution >= 4 is 6.21 Å². The SMILES string of the molecule is C=C(CC(C)C=N/C(C)=C(\C)F)NCCCC. The minimum atomic E-state index is -0.228. The highest BCUT2D eigenvalue weighted by atomic mass is 19.1. The first kappa shape index (κ1) is 15.9. The minimum absolute atomic E-state index is 0.228. The van der Waals surface area contributed by atoms with Gasteiger partial charge in [0.15, 0.2) is 0 Å². The third-order valence-electron chi connectivity index (χ3n) is 2.49. The van der Waals surface area contributed by atoms with Gasteiger partial charge >= 0.3 is 0 Å². The van der Waals surface area contributed by atoms with Gasteiger partial charge in [-0.1, -0.05) is 26.8 Å². The maximum atomic E-state index is 12.7. The standard InChI is InChI=1S/C14H25FN2/c1-6-7-8-16-12(3)9-11(2)10-17-14(5)13(4)15/h10-11,16H,3,6-9H2,1-2,4-5H3/b14-13+,17-10?. The number of hydrogen-bond donors (Lipinski definition) is 1. The molecule has 98 valence electrons. The molecular weight excluding hydrogens is 215 g/mol. The van der Waals surface area contributed by atoms with Gasteiger partial charge in [0.05, 0.1) is 5.70 Å². The van der Waals surface area contributed by atoms with Crippen molar-refractivity contribution in [3.05, 3.63) is 23.8 Å². The molecule has 0 bridgehead atoms. The predicted octanol–water partition coefficient (Wildman–Crippen LogP) is 4.21. The highest BCUT2D eigenvalue weighted by Gasteiger charge is 2.01. The second-order valence-electron chi connectivity index (χ2n) is 4.46. The number of hydrogen-bond acceptors (Lipinski definition) is 2. The molecule has 0 aromatic heterocycles. The zero-order chi connectivity index (χ0) is 13.3. The number of nitrogens with one attached hydrogen (secondary N) is 1. The molecule has 3 heteroatoms. The van der Waals surface area contributed by atoms with Crippen molar-refractivity contribution in [1.82, 2.24) is 5.32 Å². The van der Waals surface area contributed by atoms with Gasteiger partial charge in [-0.15, -0.1) is 0 Å². The maximum absolute atomic E-state index is 12.7. The number of nitrogens with zero attached hydrogens (tertiary/aromatic N) is 1. The van der Waals surface area contributed by atoms with Crippen LogP contribution in [0.3, 0.4) is 0 Å². The molecule has 1 N–H and O–H groups in total. The van der Waals surface area contributed by atoms with Crippen LogP contribution in [0.4, 0.5) is 4.39 Å². The molecule has 0 aromatic rings. The number of aliphatic imine (C=N–C) groups is 1.